The minimum Gasteiger partial charge on any atom is -0.477 e. The molecular weight excluding hydrogens is 1180 g/mol. The van der Waals surface area contributed by atoms with E-state index in [9.17, 15) is 75.7 Å². The molecule has 0 aliphatic carbocycles. The monoisotopic (exact) mass is 1310 g/mol. The minimum absolute atomic E-state index is 0.220. The summed E-state index contributed by atoms with van der Waals surface area (Å²) in [5.74, 6) is -6.10. The number of hydrogen-bond donors (Lipinski definition) is 14. The summed E-state index contributed by atoms with van der Waals surface area (Å²) in [5.41, 5.74) is 0. The van der Waals surface area contributed by atoms with Crippen LogP contribution in [0.4, 0.5) is 0 Å². The summed E-state index contributed by atoms with van der Waals surface area (Å²) in [4.78, 5) is 38.6. The predicted molar refractivity (Wildman–Crippen MR) is 343 cm³/mol. The first-order valence-electron chi connectivity index (χ1n) is 35.5. The van der Waals surface area contributed by atoms with Crippen LogP contribution in [0.5, 0.6) is 0 Å². The number of aliphatic hydroxyl groups is 11. The average Bonchev–Trinajstić information content (AvgIpc) is 0.779. The molecule has 534 valence electrons. The number of amides is 2. The number of aliphatic hydroxyl groups excluding tert-OH is 11. The predicted octanol–water partition coefficient (Wildman–Crippen LogP) is 6.68. The lowest BCUT2D eigenvalue weighted by molar-refractivity contribution is -0.386. The molecule has 0 bridgehead atoms. The lowest BCUT2D eigenvalue weighted by Gasteiger charge is -2.50. The van der Waals surface area contributed by atoms with Crippen molar-refractivity contribution < 1.29 is 104 Å². The zero-order valence-electron chi connectivity index (χ0n) is 55.7. The molecule has 3 saturated heterocycles. The summed E-state index contributed by atoms with van der Waals surface area (Å²) < 4.78 is 34.9. The topological polar surface area (TPSA) is 373 Å². The molecule has 18 atom stereocenters. The fourth-order valence-corrected chi connectivity index (χ4v) is 12.5. The number of carboxylic acids is 1. The maximum absolute atomic E-state index is 13.5. The molecule has 3 rings (SSSR count). The molecule has 3 heterocycles. The third kappa shape index (κ3) is 31.5. The number of aliphatic carboxylic acids is 1. The second-order valence-electron chi connectivity index (χ2n) is 26.1. The van der Waals surface area contributed by atoms with E-state index in [1.807, 2.05) is 0 Å². The number of carbonyl (C=O) groups excluding carboxylic acids is 2. The Bertz CT molecular complexity index is 1890. The van der Waals surface area contributed by atoms with Crippen LogP contribution < -0.4 is 10.6 Å². The number of carboxylic acid groups (broad SMARTS) is 1. The van der Waals surface area contributed by atoms with Crippen molar-refractivity contribution in [2.24, 2.45) is 0 Å². The number of unbranched alkanes of at least 4 members (excludes halogenated alkanes) is 32. The Kier molecular flexibility index (Phi) is 44.6. The van der Waals surface area contributed by atoms with Crippen molar-refractivity contribution in [3.63, 3.8) is 0 Å². The van der Waals surface area contributed by atoms with Gasteiger partial charge in [-0.3, -0.25) is 9.59 Å². The first kappa shape index (κ1) is 82.7. The molecule has 23 nitrogen and oxygen atoms in total. The number of rotatable bonds is 54. The lowest BCUT2D eigenvalue weighted by Crippen LogP contribution is -2.70. The summed E-state index contributed by atoms with van der Waals surface area (Å²) >= 11 is 0. The van der Waals surface area contributed by atoms with Gasteiger partial charge in [0.05, 0.1) is 50.7 Å². The molecule has 0 spiro atoms. The Morgan fingerprint density at radius 3 is 1.48 bits per heavy atom. The van der Waals surface area contributed by atoms with E-state index in [1.54, 1.807) is 0 Å². The van der Waals surface area contributed by atoms with E-state index in [2.05, 4.69) is 36.6 Å². The van der Waals surface area contributed by atoms with Crippen LogP contribution in [-0.4, -0.2) is 215 Å². The molecule has 91 heavy (non-hydrogen) atoms. The quantitative estimate of drug-likeness (QED) is 0.0223. The van der Waals surface area contributed by atoms with Gasteiger partial charge in [-0.2, -0.15) is 0 Å². The van der Waals surface area contributed by atoms with E-state index in [4.69, 9.17) is 28.4 Å². The van der Waals surface area contributed by atoms with Crippen molar-refractivity contribution in [1.82, 2.24) is 10.6 Å². The van der Waals surface area contributed by atoms with Crippen molar-refractivity contribution in [3.8, 4) is 0 Å². The number of hydrogen-bond acceptors (Lipinski definition) is 20. The normalized spacial score (nSPS) is 28.4. The van der Waals surface area contributed by atoms with Gasteiger partial charge in [0, 0.05) is 19.8 Å². The van der Waals surface area contributed by atoms with Crippen LogP contribution in [0.25, 0.3) is 0 Å². The maximum atomic E-state index is 13.5. The highest BCUT2D eigenvalue weighted by atomic mass is 16.8. The first-order valence-corrected chi connectivity index (χ1v) is 35.5. The second-order valence-corrected chi connectivity index (χ2v) is 26.1. The van der Waals surface area contributed by atoms with Crippen LogP contribution >= 0.6 is 0 Å². The van der Waals surface area contributed by atoms with Crippen LogP contribution in [0, 0.1) is 0 Å². The highest BCUT2D eigenvalue weighted by Gasteiger charge is 2.60. The van der Waals surface area contributed by atoms with Gasteiger partial charge < -0.3 is 100 Å². The number of carbonyl (C=O) groups is 3. The Morgan fingerprint density at radius 2 is 1.02 bits per heavy atom. The van der Waals surface area contributed by atoms with Gasteiger partial charge in [-0.1, -0.05) is 219 Å². The van der Waals surface area contributed by atoms with Crippen LogP contribution in [-0.2, 0) is 42.8 Å². The van der Waals surface area contributed by atoms with Gasteiger partial charge in [0.25, 0.3) is 5.79 Å². The molecule has 2 amide bonds. The molecular formula is C68H126N2O21. The summed E-state index contributed by atoms with van der Waals surface area (Å²) in [7, 11) is 0. The molecule has 0 aromatic heterocycles. The molecule has 3 aliphatic heterocycles. The van der Waals surface area contributed by atoms with E-state index in [0.717, 1.165) is 84.0 Å². The molecule has 14 N–H and O–H groups in total. The highest BCUT2D eigenvalue weighted by Crippen LogP contribution is 2.39. The molecule has 18 unspecified atom stereocenters. The standard InChI is InChI=1S/C68H126N2O21/c1-4-6-8-10-12-14-16-18-20-21-22-23-24-25-26-28-30-32-34-36-38-40-42-55(78)70-49(50(75)41-39-37-35-33-31-29-27-19-17-15-13-11-9-7-5-2)47-86-65-60(82)59(81)62(54(46-73)88-65)89-66-61(83)64(58(80)53(45-72)87-66)91-68(67(84)85)43-51(76)56(69-48(3)74)63(90-68)57(79)52(77)44-71/h24-25,49-54,56-66,71-73,75-77,79-83H,4-23,26-47H2,1-3H3,(H,69,74)(H,70,78)(H,84,85)/b25-24-. The van der Waals surface area contributed by atoms with Gasteiger partial charge in [0.2, 0.25) is 11.8 Å². The fraction of sp³-hybridized carbons (Fsp3) is 0.926. The third-order valence-electron chi connectivity index (χ3n) is 18.2. The van der Waals surface area contributed by atoms with Crippen molar-refractivity contribution >= 4 is 17.8 Å². The second kappa shape index (κ2) is 49.1. The number of allylic oxidation sites excluding steroid dienone is 2. The highest BCUT2D eigenvalue weighted by molar-refractivity contribution is 5.77. The van der Waals surface area contributed by atoms with Crippen LogP contribution in [0.2, 0.25) is 0 Å². The lowest BCUT2D eigenvalue weighted by atomic mass is 9.88. The summed E-state index contributed by atoms with van der Waals surface area (Å²) in [6, 6.07) is -2.53. The summed E-state index contributed by atoms with van der Waals surface area (Å²) in [5, 5.41) is 136. The van der Waals surface area contributed by atoms with Gasteiger partial charge >= 0.3 is 5.97 Å². The van der Waals surface area contributed by atoms with E-state index < -0.39 is 148 Å². The third-order valence-corrected chi connectivity index (χ3v) is 18.2. The Labute approximate surface area is 543 Å². The molecule has 0 aromatic carbocycles. The van der Waals surface area contributed by atoms with Gasteiger partial charge in [-0.05, 0) is 38.5 Å². The molecule has 0 aromatic rings. The first-order chi connectivity index (χ1) is 43.9. The number of ether oxygens (including phenoxy) is 6. The number of nitrogens with one attached hydrogen (secondary N) is 2. The van der Waals surface area contributed by atoms with Crippen molar-refractivity contribution in [3.05, 3.63) is 12.2 Å². The summed E-state index contributed by atoms with van der Waals surface area (Å²) in [6.45, 7) is 2.21. The van der Waals surface area contributed by atoms with E-state index in [-0.39, 0.29) is 18.9 Å². The smallest absolute Gasteiger partial charge is 0.364 e. The van der Waals surface area contributed by atoms with Gasteiger partial charge in [0.15, 0.2) is 12.6 Å². The summed E-state index contributed by atoms with van der Waals surface area (Å²) in [6.07, 6.45) is 17.8. The molecule has 3 aliphatic rings. The zero-order chi connectivity index (χ0) is 66.8. The Morgan fingerprint density at radius 1 is 0.560 bits per heavy atom. The van der Waals surface area contributed by atoms with Gasteiger partial charge in [-0.25, -0.2) is 4.79 Å². The van der Waals surface area contributed by atoms with Crippen LogP contribution in [0.3, 0.4) is 0 Å². The average molecular weight is 1310 g/mol. The van der Waals surface area contributed by atoms with E-state index in [0.29, 0.717) is 19.3 Å². The zero-order valence-corrected chi connectivity index (χ0v) is 55.7. The van der Waals surface area contributed by atoms with E-state index in [1.165, 1.54) is 135 Å². The molecule has 3 fully saturated rings. The Hall–Kier alpha value is -2.53. The van der Waals surface area contributed by atoms with Crippen molar-refractivity contribution in [1.29, 1.82) is 0 Å². The molecule has 0 radical (unpaired) electrons. The Balaban J connectivity index is 1.58. The van der Waals surface area contributed by atoms with Crippen molar-refractivity contribution in [2.75, 3.05) is 26.4 Å². The van der Waals surface area contributed by atoms with Crippen LogP contribution in [0.1, 0.15) is 265 Å². The largest absolute Gasteiger partial charge is 0.477 e. The minimum atomic E-state index is -3.08. The van der Waals surface area contributed by atoms with Gasteiger partial charge in [-0.15, -0.1) is 0 Å². The molecule has 23 heteroatoms. The van der Waals surface area contributed by atoms with Gasteiger partial charge in [0.1, 0.15) is 67.1 Å². The van der Waals surface area contributed by atoms with E-state index >= 15 is 0 Å². The SMILES string of the molecule is CCCCCCCCCCCCC/C=C\CCCCCCCCCC(=O)NC(COC1OC(CO)C(OC2OC(CO)C(O)C(OC3(C(=O)O)CC(O)C(NC(C)=O)C(C(O)C(O)CO)O3)C2O)C(O)C1O)C(O)CCCCCCCCCCCCCCCCC. The maximum Gasteiger partial charge on any atom is 0.364 e. The van der Waals surface area contributed by atoms with Crippen molar-refractivity contribution in [2.45, 2.75) is 375 Å². The molecule has 0 saturated carbocycles. The fourth-order valence-electron chi connectivity index (χ4n) is 12.5. The van der Waals surface area contributed by atoms with Crippen LogP contribution in [0.15, 0.2) is 12.2 Å².